The molecule has 6 nitrogen and oxygen atoms in total. The van der Waals surface area contributed by atoms with Gasteiger partial charge in [-0.2, -0.15) is 15.0 Å². The van der Waals surface area contributed by atoms with Crippen molar-refractivity contribution in [2.45, 2.75) is 6.42 Å². The van der Waals surface area contributed by atoms with Gasteiger partial charge in [0.15, 0.2) is 5.82 Å². The van der Waals surface area contributed by atoms with Gasteiger partial charge in [-0.1, -0.05) is 24.3 Å². The van der Waals surface area contributed by atoms with E-state index in [1.807, 2.05) is 24.3 Å². The van der Waals surface area contributed by atoms with E-state index >= 15 is 0 Å². The molecule has 0 radical (unpaired) electrons. The zero-order valence-electron chi connectivity index (χ0n) is 15.0. The van der Waals surface area contributed by atoms with Crippen LogP contribution in [0.3, 0.4) is 0 Å². The van der Waals surface area contributed by atoms with E-state index in [2.05, 4.69) is 20.3 Å². The molecule has 1 heterocycles. The molecule has 0 saturated heterocycles. The third-order valence-electron chi connectivity index (χ3n) is 3.74. The van der Waals surface area contributed by atoms with Crippen LogP contribution in [0.25, 0.3) is 11.4 Å². The first-order valence-corrected chi connectivity index (χ1v) is 8.11. The zero-order chi connectivity index (χ0) is 18.4. The first-order chi connectivity index (χ1) is 12.7. The third-order valence-corrected chi connectivity index (χ3v) is 3.74. The zero-order valence-corrected chi connectivity index (χ0v) is 15.8. The van der Waals surface area contributed by atoms with Crippen LogP contribution in [0.5, 0.6) is 11.8 Å². The van der Waals surface area contributed by atoms with Crippen molar-refractivity contribution in [1.82, 2.24) is 15.0 Å². The second-order valence-electron chi connectivity index (χ2n) is 5.50. The quantitative estimate of drug-likeness (QED) is 0.662. The van der Waals surface area contributed by atoms with Crippen LogP contribution < -0.4 is 14.8 Å². The minimum absolute atomic E-state index is 0. The van der Waals surface area contributed by atoms with Crippen LogP contribution >= 0.6 is 12.4 Å². The standard InChI is InChI=1S/C19H19FN4O2.ClH/c1-25-16-5-3-4-14(12-16)17-22-18(24-19(23-17)26-2)21-11-10-13-6-8-15(20)9-7-13;/h3-9,12H,10-11H2,1-2H3,(H,21,22,23,24);1H. The van der Waals surface area contributed by atoms with Crippen molar-refractivity contribution < 1.29 is 13.9 Å². The van der Waals surface area contributed by atoms with E-state index < -0.39 is 0 Å². The molecule has 8 heteroatoms. The number of nitrogens with one attached hydrogen (secondary N) is 1. The fourth-order valence-corrected chi connectivity index (χ4v) is 2.39. The summed E-state index contributed by atoms with van der Waals surface area (Å²) in [5.41, 5.74) is 1.82. The van der Waals surface area contributed by atoms with Gasteiger partial charge in [-0.25, -0.2) is 4.39 Å². The first-order valence-electron chi connectivity index (χ1n) is 8.11. The summed E-state index contributed by atoms with van der Waals surface area (Å²) < 4.78 is 23.4. The fraction of sp³-hybridized carbons (Fsp3) is 0.211. The fourth-order valence-electron chi connectivity index (χ4n) is 2.39. The molecule has 0 aliphatic carbocycles. The molecule has 0 atom stereocenters. The van der Waals surface area contributed by atoms with E-state index in [0.717, 1.165) is 11.1 Å². The molecule has 1 aromatic heterocycles. The lowest BCUT2D eigenvalue weighted by atomic mass is 10.1. The number of anilines is 1. The molecule has 142 valence electrons. The molecule has 3 rings (SSSR count). The van der Waals surface area contributed by atoms with Gasteiger partial charge in [-0.15, -0.1) is 12.4 Å². The van der Waals surface area contributed by atoms with Gasteiger partial charge in [0.05, 0.1) is 14.2 Å². The van der Waals surface area contributed by atoms with Gasteiger partial charge >= 0.3 is 6.01 Å². The average molecular weight is 391 g/mol. The van der Waals surface area contributed by atoms with Crippen LogP contribution in [0, 0.1) is 5.82 Å². The number of nitrogens with zero attached hydrogens (tertiary/aromatic N) is 3. The summed E-state index contributed by atoms with van der Waals surface area (Å²) in [6, 6.07) is 14.1. The highest BCUT2D eigenvalue weighted by Gasteiger charge is 2.09. The number of hydrogen-bond donors (Lipinski definition) is 1. The molecular weight excluding hydrogens is 371 g/mol. The predicted molar refractivity (Wildman–Crippen MR) is 104 cm³/mol. The first kappa shape index (κ1) is 20.4. The normalized spacial score (nSPS) is 10.0. The number of hydrogen-bond acceptors (Lipinski definition) is 6. The van der Waals surface area contributed by atoms with Crippen molar-refractivity contribution in [1.29, 1.82) is 0 Å². The molecule has 3 aromatic rings. The molecule has 2 aromatic carbocycles. The molecule has 0 fully saturated rings. The second kappa shape index (κ2) is 9.68. The van der Waals surface area contributed by atoms with Gasteiger partial charge in [-0.3, -0.25) is 0 Å². The maximum atomic E-state index is 13.0. The molecule has 27 heavy (non-hydrogen) atoms. The molecule has 0 aliphatic rings. The van der Waals surface area contributed by atoms with E-state index in [1.54, 1.807) is 19.2 Å². The summed E-state index contributed by atoms with van der Waals surface area (Å²) in [6.45, 7) is 0.594. The third kappa shape index (κ3) is 5.52. The van der Waals surface area contributed by atoms with Crippen LogP contribution in [0.2, 0.25) is 0 Å². The van der Waals surface area contributed by atoms with Gasteiger partial charge in [-0.05, 0) is 36.2 Å². The Labute approximate surface area is 163 Å². The van der Waals surface area contributed by atoms with Crippen LogP contribution in [0.1, 0.15) is 5.56 Å². The van der Waals surface area contributed by atoms with Gasteiger partial charge in [0, 0.05) is 12.1 Å². The van der Waals surface area contributed by atoms with E-state index in [9.17, 15) is 4.39 Å². The highest BCUT2D eigenvalue weighted by atomic mass is 35.5. The Kier molecular flexibility index (Phi) is 7.31. The summed E-state index contributed by atoms with van der Waals surface area (Å²) in [5.74, 6) is 1.37. The van der Waals surface area contributed by atoms with Crippen LogP contribution in [0.15, 0.2) is 48.5 Å². The number of halogens is 2. The summed E-state index contributed by atoms with van der Waals surface area (Å²) in [7, 11) is 3.11. The Bertz CT molecular complexity index is 878. The Morgan fingerprint density at radius 1 is 0.963 bits per heavy atom. The Morgan fingerprint density at radius 2 is 1.74 bits per heavy atom. The molecule has 0 aliphatic heterocycles. The number of ether oxygens (including phenoxy) is 2. The maximum Gasteiger partial charge on any atom is 0.321 e. The molecule has 0 bridgehead atoms. The van der Waals surface area contributed by atoms with Gasteiger partial charge in [0.25, 0.3) is 0 Å². The Hall–Kier alpha value is -2.93. The lowest BCUT2D eigenvalue weighted by Crippen LogP contribution is -2.10. The van der Waals surface area contributed by atoms with Crippen molar-refractivity contribution in [3.63, 3.8) is 0 Å². The van der Waals surface area contributed by atoms with Gasteiger partial charge < -0.3 is 14.8 Å². The minimum atomic E-state index is -0.244. The number of methoxy groups -OCH3 is 2. The van der Waals surface area contributed by atoms with Crippen LogP contribution in [-0.2, 0) is 6.42 Å². The van der Waals surface area contributed by atoms with Gasteiger partial charge in [0.2, 0.25) is 5.95 Å². The van der Waals surface area contributed by atoms with Crippen molar-refractivity contribution in [2.75, 3.05) is 26.1 Å². The van der Waals surface area contributed by atoms with Crippen molar-refractivity contribution in [3.8, 4) is 23.1 Å². The van der Waals surface area contributed by atoms with Crippen molar-refractivity contribution in [2.24, 2.45) is 0 Å². The highest BCUT2D eigenvalue weighted by molar-refractivity contribution is 5.85. The van der Waals surface area contributed by atoms with Gasteiger partial charge in [0.1, 0.15) is 11.6 Å². The van der Waals surface area contributed by atoms with Crippen LogP contribution in [0.4, 0.5) is 10.3 Å². The molecular formula is C19H20ClFN4O2. The summed E-state index contributed by atoms with van der Waals surface area (Å²) >= 11 is 0. The number of aromatic nitrogens is 3. The Morgan fingerprint density at radius 3 is 2.44 bits per heavy atom. The molecule has 0 spiro atoms. The minimum Gasteiger partial charge on any atom is -0.497 e. The summed E-state index contributed by atoms with van der Waals surface area (Å²) in [6.07, 6.45) is 0.711. The molecule has 1 N–H and O–H groups in total. The number of rotatable bonds is 7. The largest absolute Gasteiger partial charge is 0.497 e. The summed E-state index contributed by atoms with van der Waals surface area (Å²) in [5, 5.41) is 3.15. The van der Waals surface area contributed by atoms with E-state index in [1.165, 1.54) is 19.2 Å². The Balaban J connectivity index is 0.00000261. The molecule has 0 unspecified atom stereocenters. The lowest BCUT2D eigenvalue weighted by Gasteiger charge is -2.09. The number of benzene rings is 2. The summed E-state index contributed by atoms with van der Waals surface area (Å²) in [4.78, 5) is 13.0. The van der Waals surface area contributed by atoms with Crippen molar-refractivity contribution in [3.05, 3.63) is 59.9 Å². The maximum absolute atomic E-state index is 13.0. The van der Waals surface area contributed by atoms with E-state index in [-0.39, 0.29) is 24.2 Å². The monoisotopic (exact) mass is 390 g/mol. The predicted octanol–water partition coefficient (Wildman–Crippen LogP) is 3.77. The molecule has 0 amide bonds. The van der Waals surface area contributed by atoms with Crippen molar-refractivity contribution >= 4 is 18.4 Å². The van der Waals surface area contributed by atoms with Crippen LogP contribution in [-0.4, -0.2) is 35.7 Å². The lowest BCUT2D eigenvalue weighted by molar-refractivity contribution is 0.379. The average Bonchev–Trinajstić information content (AvgIpc) is 2.69. The second-order valence-corrected chi connectivity index (χ2v) is 5.50. The topological polar surface area (TPSA) is 69.2 Å². The highest BCUT2D eigenvalue weighted by Crippen LogP contribution is 2.23. The SMILES string of the molecule is COc1cccc(-c2nc(NCCc3ccc(F)cc3)nc(OC)n2)c1.Cl. The smallest absolute Gasteiger partial charge is 0.321 e. The van der Waals surface area contributed by atoms with E-state index in [4.69, 9.17) is 9.47 Å². The molecule has 0 saturated carbocycles. The van der Waals surface area contributed by atoms with E-state index in [0.29, 0.717) is 30.5 Å².